The summed E-state index contributed by atoms with van der Waals surface area (Å²) in [4.78, 5) is 1.14. The minimum Gasteiger partial charge on any atom is -0.214 e. The molecule has 1 aromatic carbocycles. The summed E-state index contributed by atoms with van der Waals surface area (Å²) >= 11 is 5.00. The van der Waals surface area contributed by atoms with Crippen molar-refractivity contribution in [1.29, 1.82) is 0 Å². The largest absolute Gasteiger partial charge is 0.214 e. The normalized spacial score (nSPS) is 12.0. The van der Waals surface area contributed by atoms with Gasteiger partial charge in [0.1, 0.15) is 0 Å². The molecule has 0 bridgehead atoms. The summed E-state index contributed by atoms with van der Waals surface area (Å²) in [5, 5.41) is -0.375. The highest BCUT2D eigenvalue weighted by Gasteiger charge is 2.13. The standard InChI is InChI=1S/C11H16BrNO2S2/c1-9(2)17(14,15)13-7-8-16-11-5-3-10(12)4-6-11/h3-6,9,13H,7-8H2,1-2H3. The third-order valence-corrected chi connectivity index (χ3v) is 5.50. The Morgan fingerprint density at radius 3 is 2.41 bits per heavy atom. The fourth-order valence-electron chi connectivity index (χ4n) is 1.05. The van der Waals surface area contributed by atoms with Crippen LogP contribution in [0.2, 0.25) is 0 Å². The molecule has 1 aromatic rings. The Labute approximate surface area is 116 Å². The molecule has 17 heavy (non-hydrogen) atoms. The second kappa shape index (κ2) is 6.78. The number of rotatable bonds is 6. The number of nitrogens with one attached hydrogen (secondary N) is 1. The van der Waals surface area contributed by atoms with Gasteiger partial charge in [0.25, 0.3) is 0 Å². The third kappa shape index (κ3) is 5.42. The van der Waals surface area contributed by atoms with Crippen LogP contribution < -0.4 is 4.72 Å². The van der Waals surface area contributed by atoms with Crippen molar-refractivity contribution >= 4 is 37.7 Å². The summed E-state index contributed by atoms with van der Waals surface area (Å²) < 4.78 is 26.5. The van der Waals surface area contributed by atoms with E-state index in [-0.39, 0.29) is 5.25 Å². The molecule has 0 aliphatic rings. The van der Waals surface area contributed by atoms with Crippen molar-refractivity contribution in [2.45, 2.75) is 24.0 Å². The predicted molar refractivity (Wildman–Crippen MR) is 76.9 cm³/mol. The predicted octanol–water partition coefficient (Wildman–Crippen LogP) is 2.87. The average molecular weight is 338 g/mol. The molecule has 0 aromatic heterocycles. The molecule has 3 nitrogen and oxygen atoms in total. The molecule has 0 unspecified atom stereocenters. The molecular formula is C11H16BrNO2S2. The van der Waals surface area contributed by atoms with Crippen molar-refractivity contribution in [3.63, 3.8) is 0 Å². The lowest BCUT2D eigenvalue weighted by atomic mass is 10.4. The molecule has 6 heteroatoms. The van der Waals surface area contributed by atoms with Crippen molar-refractivity contribution in [2.75, 3.05) is 12.3 Å². The van der Waals surface area contributed by atoms with Crippen LogP contribution in [0.1, 0.15) is 13.8 Å². The summed E-state index contributed by atoms with van der Waals surface area (Å²) in [6.45, 7) is 3.80. The Kier molecular flexibility index (Phi) is 5.99. The van der Waals surface area contributed by atoms with E-state index in [0.29, 0.717) is 6.54 Å². The topological polar surface area (TPSA) is 46.2 Å². The van der Waals surface area contributed by atoms with Crippen molar-refractivity contribution in [3.8, 4) is 0 Å². The van der Waals surface area contributed by atoms with E-state index in [1.165, 1.54) is 0 Å². The second-order valence-corrected chi connectivity index (χ2v) is 8.20. The van der Waals surface area contributed by atoms with Gasteiger partial charge in [-0.05, 0) is 38.1 Å². The smallest absolute Gasteiger partial charge is 0.213 e. The molecule has 0 saturated carbocycles. The van der Waals surface area contributed by atoms with E-state index >= 15 is 0 Å². The maximum atomic E-state index is 11.5. The van der Waals surface area contributed by atoms with Gasteiger partial charge in [0.15, 0.2) is 0 Å². The van der Waals surface area contributed by atoms with Crippen LogP contribution in [0.3, 0.4) is 0 Å². The first-order chi connectivity index (χ1) is 7.92. The van der Waals surface area contributed by atoms with Gasteiger partial charge in [0.2, 0.25) is 10.0 Å². The van der Waals surface area contributed by atoms with Crippen LogP contribution in [0.5, 0.6) is 0 Å². The van der Waals surface area contributed by atoms with Crippen LogP contribution in [0.4, 0.5) is 0 Å². The van der Waals surface area contributed by atoms with E-state index in [9.17, 15) is 8.42 Å². The molecule has 0 amide bonds. The van der Waals surface area contributed by atoms with E-state index in [2.05, 4.69) is 20.7 Å². The zero-order valence-corrected chi connectivity index (χ0v) is 13.0. The molecule has 0 heterocycles. The van der Waals surface area contributed by atoms with Crippen LogP contribution in [0.15, 0.2) is 33.6 Å². The number of benzene rings is 1. The highest BCUT2D eigenvalue weighted by molar-refractivity contribution is 9.10. The molecule has 96 valence electrons. The van der Waals surface area contributed by atoms with E-state index in [1.54, 1.807) is 25.6 Å². The molecule has 0 aliphatic heterocycles. The fourth-order valence-corrected chi connectivity index (χ4v) is 2.93. The van der Waals surface area contributed by atoms with E-state index in [0.717, 1.165) is 15.1 Å². The lowest BCUT2D eigenvalue weighted by Crippen LogP contribution is -2.32. The van der Waals surface area contributed by atoms with Gasteiger partial charge < -0.3 is 0 Å². The first-order valence-corrected chi connectivity index (χ1v) is 8.61. The second-order valence-electron chi connectivity index (χ2n) is 3.79. The Bertz CT molecular complexity index is 443. The van der Waals surface area contributed by atoms with Crippen molar-refractivity contribution < 1.29 is 8.42 Å². The number of hydrogen-bond donors (Lipinski definition) is 1. The van der Waals surface area contributed by atoms with Crippen molar-refractivity contribution in [3.05, 3.63) is 28.7 Å². The van der Waals surface area contributed by atoms with Gasteiger partial charge in [0, 0.05) is 21.7 Å². The Morgan fingerprint density at radius 2 is 1.88 bits per heavy atom. The lowest BCUT2D eigenvalue weighted by Gasteiger charge is -2.09. The number of sulfonamides is 1. The SMILES string of the molecule is CC(C)S(=O)(=O)NCCSc1ccc(Br)cc1. The summed E-state index contributed by atoms with van der Waals surface area (Å²) in [6, 6.07) is 7.96. The molecule has 0 aliphatic carbocycles. The number of halogens is 1. The maximum absolute atomic E-state index is 11.5. The van der Waals surface area contributed by atoms with Crippen molar-refractivity contribution in [2.24, 2.45) is 0 Å². The Morgan fingerprint density at radius 1 is 1.29 bits per heavy atom. The Balaban J connectivity index is 2.32. The van der Waals surface area contributed by atoms with Crippen LogP contribution in [0, 0.1) is 0 Å². The van der Waals surface area contributed by atoms with Gasteiger partial charge in [-0.2, -0.15) is 0 Å². The van der Waals surface area contributed by atoms with Crippen molar-refractivity contribution in [1.82, 2.24) is 4.72 Å². The van der Waals surface area contributed by atoms with Gasteiger partial charge in [-0.15, -0.1) is 11.8 Å². The fraction of sp³-hybridized carbons (Fsp3) is 0.455. The molecule has 1 rings (SSSR count). The molecular weight excluding hydrogens is 322 g/mol. The highest BCUT2D eigenvalue weighted by Crippen LogP contribution is 2.20. The average Bonchev–Trinajstić information content (AvgIpc) is 2.26. The molecule has 0 radical (unpaired) electrons. The van der Waals surface area contributed by atoms with Gasteiger partial charge in [-0.3, -0.25) is 0 Å². The summed E-state index contributed by atoms with van der Waals surface area (Å²) in [7, 11) is -3.13. The van der Waals surface area contributed by atoms with Gasteiger partial charge >= 0.3 is 0 Å². The molecule has 0 fully saturated rings. The first-order valence-electron chi connectivity index (χ1n) is 5.28. The van der Waals surface area contributed by atoms with Crippen LogP contribution in [0.25, 0.3) is 0 Å². The van der Waals surface area contributed by atoms with Gasteiger partial charge in [-0.1, -0.05) is 15.9 Å². The highest BCUT2D eigenvalue weighted by atomic mass is 79.9. The monoisotopic (exact) mass is 337 g/mol. The molecule has 0 spiro atoms. The molecule has 1 N–H and O–H groups in total. The molecule has 0 atom stereocenters. The molecule has 0 saturated heterocycles. The van der Waals surface area contributed by atoms with Crippen LogP contribution in [-0.4, -0.2) is 26.0 Å². The number of hydrogen-bond acceptors (Lipinski definition) is 3. The summed E-state index contributed by atoms with van der Waals surface area (Å²) in [6.07, 6.45) is 0. The summed E-state index contributed by atoms with van der Waals surface area (Å²) in [5.41, 5.74) is 0. The zero-order valence-electron chi connectivity index (χ0n) is 9.81. The number of thioether (sulfide) groups is 1. The lowest BCUT2D eigenvalue weighted by molar-refractivity contribution is 0.575. The quantitative estimate of drug-likeness (QED) is 0.641. The van der Waals surface area contributed by atoms with E-state index in [4.69, 9.17) is 0 Å². The first kappa shape index (κ1) is 15.0. The van der Waals surface area contributed by atoms with Crippen LogP contribution in [-0.2, 0) is 10.0 Å². The van der Waals surface area contributed by atoms with E-state index < -0.39 is 10.0 Å². The maximum Gasteiger partial charge on any atom is 0.213 e. The third-order valence-electron chi connectivity index (χ3n) is 2.11. The van der Waals surface area contributed by atoms with Gasteiger partial charge in [0.05, 0.1) is 5.25 Å². The minimum absolute atomic E-state index is 0.375. The van der Waals surface area contributed by atoms with Crippen LogP contribution >= 0.6 is 27.7 Å². The Hall–Kier alpha value is -0.0400. The van der Waals surface area contributed by atoms with E-state index in [1.807, 2.05) is 24.3 Å². The zero-order chi connectivity index (χ0) is 12.9. The van der Waals surface area contributed by atoms with Gasteiger partial charge in [-0.25, -0.2) is 13.1 Å². The minimum atomic E-state index is -3.13. The summed E-state index contributed by atoms with van der Waals surface area (Å²) in [5.74, 6) is 0.730.